The van der Waals surface area contributed by atoms with Crippen molar-refractivity contribution >= 4 is 0 Å². The van der Waals surface area contributed by atoms with Gasteiger partial charge in [-0.3, -0.25) is 4.98 Å². The highest BCUT2D eigenvalue weighted by Gasteiger charge is 1.99. The molecule has 69 valence electrons. The van der Waals surface area contributed by atoms with Gasteiger partial charge in [-0.15, -0.1) is 0 Å². The molecule has 0 N–H and O–H groups in total. The van der Waals surface area contributed by atoms with Gasteiger partial charge in [0.2, 0.25) is 0 Å². The summed E-state index contributed by atoms with van der Waals surface area (Å²) in [5.74, 6) is 0. The quantitative estimate of drug-likeness (QED) is 0.660. The summed E-state index contributed by atoms with van der Waals surface area (Å²) in [6, 6.07) is 13.3. The lowest BCUT2D eigenvalue weighted by atomic mass is 10.0. The molecule has 14 heavy (non-hydrogen) atoms. The van der Waals surface area contributed by atoms with Gasteiger partial charge >= 0.3 is 0 Å². The van der Waals surface area contributed by atoms with Crippen LogP contribution in [0.5, 0.6) is 0 Å². The zero-order valence-corrected chi connectivity index (χ0v) is 8.41. The lowest BCUT2D eigenvalue weighted by Crippen LogP contribution is -1.85. The highest BCUT2D eigenvalue weighted by atomic mass is 14.7. The fourth-order valence-electron chi connectivity index (χ4n) is 1.59. The van der Waals surface area contributed by atoms with Gasteiger partial charge < -0.3 is 0 Å². The van der Waals surface area contributed by atoms with Crippen molar-refractivity contribution in [2.45, 2.75) is 13.8 Å². The third-order valence-corrected chi connectivity index (χ3v) is 2.10. The Bertz CT molecular complexity index is 412. The summed E-state index contributed by atoms with van der Waals surface area (Å²) in [5, 5.41) is 0. The van der Waals surface area contributed by atoms with Gasteiger partial charge in [0.15, 0.2) is 0 Å². The van der Waals surface area contributed by atoms with E-state index in [0.717, 1.165) is 11.3 Å². The minimum atomic E-state index is 0.916. The number of aromatic nitrogens is 1. The van der Waals surface area contributed by atoms with Crippen molar-refractivity contribution in [3.8, 4) is 11.3 Å². The van der Waals surface area contributed by atoms with Crippen LogP contribution in [-0.4, -0.2) is 4.98 Å². The van der Waals surface area contributed by atoms with Crippen LogP contribution in [-0.2, 0) is 0 Å². The molecule has 1 nitrogen and oxygen atoms in total. The Labute approximate surface area is 84.4 Å². The van der Waals surface area contributed by atoms with E-state index in [1.54, 1.807) is 6.20 Å². The van der Waals surface area contributed by atoms with Crippen LogP contribution in [0.2, 0.25) is 0 Å². The fraction of sp³-hybridized carbons (Fsp3) is 0.154. The first kappa shape index (κ1) is 8.95. The maximum Gasteiger partial charge on any atom is 0.0781 e. The highest BCUT2D eigenvalue weighted by Crippen LogP contribution is 2.18. The monoisotopic (exact) mass is 182 g/mol. The average Bonchev–Trinajstić information content (AvgIpc) is 2.18. The van der Waals surface area contributed by atoms with Crippen LogP contribution in [0, 0.1) is 19.9 Å². The van der Waals surface area contributed by atoms with E-state index in [4.69, 9.17) is 0 Å². The SMILES string of the molecule is Cc1cc(C)cc(-c2[c]cccn2)c1. The molecule has 0 atom stereocenters. The second-order valence-electron chi connectivity index (χ2n) is 3.51. The summed E-state index contributed by atoms with van der Waals surface area (Å²) in [6.07, 6.45) is 1.80. The van der Waals surface area contributed by atoms with Crippen molar-refractivity contribution in [3.63, 3.8) is 0 Å². The van der Waals surface area contributed by atoms with Gasteiger partial charge in [-0.25, -0.2) is 0 Å². The zero-order chi connectivity index (χ0) is 9.97. The molecule has 0 bridgehead atoms. The minimum Gasteiger partial charge on any atom is -0.256 e. The van der Waals surface area contributed by atoms with Crippen LogP contribution in [0.15, 0.2) is 36.5 Å². The van der Waals surface area contributed by atoms with Gasteiger partial charge in [-0.05, 0) is 32.0 Å². The van der Waals surface area contributed by atoms with E-state index >= 15 is 0 Å². The van der Waals surface area contributed by atoms with Crippen molar-refractivity contribution in [1.82, 2.24) is 4.98 Å². The number of nitrogens with zero attached hydrogens (tertiary/aromatic N) is 1. The van der Waals surface area contributed by atoms with Crippen molar-refractivity contribution in [3.05, 3.63) is 53.7 Å². The molecule has 0 aliphatic heterocycles. The highest BCUT2D eigenvalue weighted by molar-refractivity contribution is 5.60. The average molecular weight is 182 g/mol. The lowest BCUT2D eigenvalue weighted by Gasteiger charge is -2.03. The van der Waals surface area contributed by atoms with E-state index in [1.807, 2.05) is 12.1 Å². The smallest absolute Gasteiger partial charge is 0.0781 e. The summed E-state index contributed by atoms with van der Waals surface area (Å²) in [6.45, 7) is 4.19. The molecule has 0 amide bonds. The maximum absolute atomic E-state index is 4.28. The van der Waals surface area contributed by atoms with Crippen molar-refractivity contribution in [2.75, 3.05) is 0 Å². The van der Waals surface area contributed by atoms with Crippen LogP contribution in [0.4, 0.5) is 0 Å². The molecular formula is C13H12N. The minimum absolute atomic E-state index is 0.916. The summed E-state index contributed by atoms with van der Waals surface area (Å²) < 4.78 is 0. The van der Waals surface area contributed by atoms with Gasteiger partial charge in [0.25, 0.3) is 0 Å². The molecule has 0 unspecified atom stereocenters. The Morgan fingerprint density at radius 2 is 1.79 bits per heavy atom. The Balaban J connectivity index is 2.52. The summed E-state index contributed by atoms with van der Waals surface area (Å²) in [5.41, 5.74) is 4.58. The van der Waals surface area contributed by atoms with E-state index in [0.29, 0.717) is 0 Å². The van der Waals surface area contributed by atoms with E-state index in [9.17, 15) is 0 Å². The van der Waals surface area contributed by atoms with Gasteiger partial charge in [0.1, 0.15) is 0 Å². The molecule has 1 heteroatoms. The van der Waals surface area contributed by atoms with Gasteiger partial charge in [0, 0.05) is 17.8 Å². The van der Waals surface area contributed by atoms with Gasteiger partial charge in [-0.2, -0.15) is 0 Å². The van der Waals surface area contributed by atoms with Crippen molar-refractivity contribution < 1.29 is 0 Å². The Kier molecular flexibility index (Phi) is 2.32. The molecule has 1 heterocycles. The molecule has 0 spiro atoms. The number of hydrogen-bond acceptors (Lipinski definition) is 1. The molecule has 0 saturated heterocycles. The molecular weight excluding hydrogens is 170 g/mol. The molecule has 1 aromatic carbocycles. The Morgan fingerprint density at radius 1 is 1.07 bits per heavy atom. The maximum atomic E-state index is 4.28. The summed E-state index contributed by atoms with van der Waals surface area (Å²) >= 11 is 0. The Hall–Kier alpha value is -1.63. The Morgan fingerprint density at radius 3 is 2.36 bits per heavy atom. The second-order valence-corrected chi connectivity index (χ2v) is 3.51. The zero-order valence-electron chi connectivity index (χ0n) is 8.41. The molecule has 1 radical (unpaired) electrons. The first-order chi connectivity index (χ1) is 6.75. The molecule has 2 aromatic rings. The van der Waals surface area contributed by atoms with Crippen LogP contribution in [0.25, 0.3) is 11.3 Å². The standard InChI is InChI=1S/C13H12N/c1-10-7-11(2)9-12(8-10)13-5-3-4-6-14-13/h3-4,6-9H,1-2H3. The van der Waals surface area contributed by atoms with E-state index in [2.05, 4.69) is 43.1 Å². The normalized spacial score (nSPS) is 10.1. The molecule has 0 aliphatic carbocycles. The number of rotatable bonds is 1. The molecule has 0 fully saturated rings. The topological polar surface area (TPSA) is 12.9 Å². The van der Waals surface area contributed by atoms with Crippen LogP contribution >= 0.6 is 0 Å². The third-order valence-electron chi connectivity index (χ3n) is 2.10. The third kappa shape index (κ3) is 1.82. The fourth-order valence-corrected chi connectivity index (χ4v) is 1.59. The lowest BCUT2D eigenvalue weighted by molar-refractivity contribution is 1.30. The number of aryl methyl sites for hydroxylation is 2. The molecule has 2 rings (SSSR count). The van der Waals surface area contributed by atoms with Crippen LogP contribution in [0.1, 0.15) is 11.1 Å². The number of benzene rings is 1. The first-order valence-electron chi connectivity index (χ1n) is 4.67. The molecule has 0 saturated carbocycles. The predicted octanol–water partition coefficient (Wildman–Crippen LogP) is 3.17. The second kappa shape index (κ2) is 3.62. The van der Waals surface area contributed by atoms with Gasteiger partial charge in [0.05, 0.1) is 5.69 Å². The van der Waals surface area contributed by atoms with E-state index in [-0.39, 0.29) is 0 Å². The van der Waals surface area contributed by atoms with Crippen molar-refractivity contribution in [1.29, 1.82) is 0 Å². The summed E-state index contributed by atoms with van der Waals surface area (Å²) in [7, 11) is 0. The van der Waals surface area contributed by atoms with Gasteiger partial charge in [-0.1, -0.05) is 23.3 Å². The molecule has 1 aromatic heterocycles. The molecule has 0 aliphatic rings. The number of hydrogen-bond donors (Lipinski definition) is 0. The largest absolute Gasteiger partial charge is 0.256 e. The van der Waals surface area contributed by atoms with Crippen LogP contribution < -0.4 is 0 Å². The van der Waals surface area contributed by atoms with Crippen molar-refractivity contribution in [2.24, 2.45) is 0 Å². The summed E-state index contributed by atoms with van der Waals surface area (Å²) in [4.78, 5) is 4.28. The predicted molar refractivity (Wildman–Crippen MR) is 58.0 cm³/mol. The van der Waals surface area contributed by atoms with E-state index < -0.39 is 0 Å². The van der Waals surface area contributed by atoms with E-state index in [1.165, 1.54) is 11.1 Å². The number of pyridine rings is 1. The first-order valence-corrected chi connectivity index (χ1v) is 4.67. The van der Waals surface area contributed by atoms with Crippen LogP contribution in [0.3, 0.4) is 0 Å².